The molecule has 1 aromatic carbocycles. The summed E-state index contributed by atoms with van der Waals surface area (Å²) in [6, 6.07) is 4.24. The molecule has 0 radical (unpaired) electrons. The molecule has 30 heavy (non-hydrogen) atoms. The third kappa shape index (κ3) is 5.15. The molecule has 1 aromatic rings. The molecule has 1 aliphatic carbocycles. The van der Waals surface area contributed by atoms with Gasteiger partial charge in [0.15, 0.2) is 0 Å². The number of esters is 1. The first kappa shape index (κ1) is 23.0. The Labute approximate surface area is 183 Å². The number of nitrogens with zero attached hydrogens (tertiary/aromatic N) is 1. The lowest BCUT2D eigenvalue weighted by molar-refractivity contribution is -0.148. The number of carbonyl (C=O) groups is 2. The third-order valence-electron chi connectivity index (χ3n) is 6.07. The van der Waals surface area contributed by atoms with Crippen LogP contribution in [0.3, 0.4) is 0 Å². The van der Waals surface area contributed by atoms with Crippen molar-refractivity contribution >= 4 is 33.5 Å². The van der Waals surface area contributed by atoms with Crippen molar-refractivity contribution in [2.45, 2.75) is 49.8 Å². The number of hydrogen-bond acceptors (Lipinski definition) is 5. The molecule has 1 heterocycles. The SMILES string of the molecule is COC(=O)C1CCCCC1CNC(=O)c1cc(S(=O)(=O)N2CCCCC2)ccc1Cl. The first-order valence-electron chi connectivity index (χ1n) is 10.5. The highest BCUT2D eigenvalue weighted by molar-refractivity contribution is 7.89. The van der Waals surface area contributed by atoms with Gasteiger partial charge in [0.05, 0.1) is 28.5 Å². The van der Waals surface area contributed by atoms with E-state index in [4.69, 9.17) is 16.3 Å². The summed E-state index contributed by atoms with van der Waals surface area (Å²) in [6.07, 6.45) is 6.24. The fourth-order valence-electron chi connectivity index (χ4n) is 4.33. The van der Waals surface area contributed by atoms with E-state index in [0.717, 1.165) is 44.9 Å². The van der Waals surface area contributed by atoms with Crippen molar-refractivity contribution in [1.82, 2.24) is 9.62 Å². The summed E-state index contributed by atoms with van der Waals surface area (Å²) >= 11 is 6.21. The first-order chi connectivity index (χ1) is 14.3. The fraction of sp³-hybridized carbons (Fsp3) is 0.619. The average Bonchev–Trinajstić information content (AvgIpc) is 2.77. The fourth-order valence-corrected chi connectivity index (χ4v) is 6.07. The molecule has 1 amide bonds. The number of piperidine rings is 1. The molecule has 2 aliphatic rings. The molecule has 166 valence electrons. The molecule has 1 saturated heterocycles. The summed E-state index contributed by atoms with van der Waals surface area (Å²) in [5.74, 6) is -0.925. The van der Waals surface area contributed by atoms with E-state index < -0.39 is 15.9 Å². The zero-order valence-corrected chi connectivity index (χ0v) is 18.8. The molecular weight excluding hydrogens is 428 g/mol. The Morgan fingerprint density at radius 2 is 1.83 bits per heavy atom. The van der Waals surface area contributed by atoms with E-state index in [9.17, 15) is 18.0 Å². The molecule has 0 spiro atoms. The van der Waals surface area contributed by atoms with Crippen molar-refractivity contribution < 1.29 is 22.7 Å². The highest BCUT2D eigenvalue weighted by Gasteiger charge is 2.32. The van der Waals surface area contributed by atoms with Gasteiger partial charge in [0.2, 0.25) is 10.0 Å². The zero-order chi connectivity index (χ0) is 21.7. The van der Waals surface area contributed by atoms with Crippen molar-refractivity contribution in [2.24, 2.45) is 11.8 Å². The summed E-state index contributed by atoms with van der Waals surface area (Å²) < 4.78 is 32.2. The van der Waals surface area contributed by atoms with E-state index in [0.29, 0.717) is 19.6 Å². The largest absolute Gasteiger partial charge is 0.469 e. The molecule has 0 bridgehead atoms. The van der Waals surface area contributed by atoms with Gasteiger partial charge in [-0.1, -0.05) is 30.9 Å². The predicted molar refractivity (Wildman–Crippen MR) is 114 cm³/mol. The van der Waals surface area contributed by atoms with Crippen LogP contribution in [0.5, 0.6) is 0 Å². The quantitative estimate of drug-likeness (QED) is 0.663. The van der Waals surface area contributed by atoms with Crippen LogP contribution in [0, 0.1) is 11.8 Å². The zero-order valence-electron chi connectivity index (χ0n) is 17.2. The maximum absolute atomic E-state index is 12.9. The third-order valence-corrected chi connectivity index (χ3v) is 8.30. The standard InChI is InChI=1S/C21H29ClN2O5S/c1-29-21(26)17-8-4-3-7-15(17)14-23-20(25)18-13-16(9-10-19(18)22)30(27,28)24-11-5-2-6-12-24/h9-10,13,15,17H,2-8,11-12,14H2,1H3,(H,23,25). The number of amides is 1. The number of sulfonamides is 1. The van der Waals surface area contributed by atoms with Crippen LogP contribution < -0.4 is 5.32 Å². The summed E-state index contributed by atoms with van der Waals surface area (Å²) in [5.41, 5.74) is 0.125. The van der Waals surface area contributed by atoms with Gasteiger partial charge in [-0.2, -0.15) is 4.31 Å². The number of nitrogens with one attached hydrogen (secondary N) is 1. The summed E-state index contributed by atoms with van der Waals surface area (Å²) in [5, 5.41) is 3.03. The van der Waals surface area contributed by atoms with E-state index in [2.05, 4.69) is 5.32 Å². The van der Waals surface area contributed by atoms with E-state index >= 15 is 0 Å². The Morgan fingerprint density at radius 3 is 2.53 bits per heavy atom. The molecule has 1 saturated carbocycles. The minimum Gasteiger partial charge on any atom is -0.469 e. The van der Waals surface area contributed by atoms with E-state index in [1.807, 2.05) is 0 Å². The van der Waals surface area contributed by atoms with Crippen LogP contribution >= 0.6 is 11.6 Å². The molecule has 7 nitrogen and oxygen atoms in total. The molecular formula is C21H29ClN2O5S. The lowest BCUT2D eigenvalue weighted by Gasteiger charge is -2.29. The highest BCUT2D eigenvalue weighted by Crippen LogP contribution is 2.31. The van der Waals surface area contributed by atoms with Crippen molar-refractivity contribution in [1.29, 1.82) is 0 Å². The lowest BCUT2D eigenvalue weighted by atomic mass is 9.79. The minimum absolute atomic E-state index is 0.00538. The van der Waals surface area contributed by atoms with E-state index in [1.165, 1.54) is 29.6 Å². The monoisotopic (exact) mass is 456 g/mol. The van der Waals surface area contributed by atoms with Gasteiger partial charge >= 0.3 is 5.97 Å². The van der Waals surface area contributed by atoms with Gasteiger partial charge < -0.3 is 10.1 Å². The van der Waals surface area contributed by atoms with Crippen molar-refractivity contribution in [2.75, 3.05) is 26.7 Å². The van der Waals surface area contributed by atoms with Crippen LogP contribution in [-0.2, 0) is 19.6 Å². The van der Waals surface area contributed by atoms with Crippen molar-refractivity contribution in [3.63, 3.8) is 0 Å². The summed E-state index contributed by atoms with van der Waals surface area (Å²) in [4.78, 5) is 24.9. The highest BCUT2D eigenvalue weighted by atomic mass is 35.5. The molecule has 3 rings (SSSR count). The number of hydrogen-bond donors (Lipinski definition) is 1. The van der Waals surface area contributed by atoms with Gasteiger partial charge in [-0.3, -0.25) is 9.59 Å². The van der Waals surface area contributed by atoms with Gasteiger partial charge in [-0.25, -0.2) is 8.42 Å². The second kappa shape index (κ2) is 10.1. The molecule has 2 atom stereocenters. The van der Waals surface area contributed by atoms with Crippen LogP contribution in [-0.4, -0.2) is 51.3 Å². The van der Waals surface area contributed by atoms with Crippen molar-refractivity contribution in [3.8, 4) is 0 Å². The Morgan fingerprint density at radius 1 is 1.13 bits per heavy atom. The molecule has 2 fully saturated rings. The Hall–Kier alpha value is -1.64. The number of methoxy groups -OCH3 is 1. The Balaban J connectivity index is 1.73. The van der Waals surface area contributed by atoms with Crippen LogP contribution in [0.15, 0.2) is 23.1 Å². The minimum atomic E-state index is -3.66. The average molecular weight is 457 g/mol. The van der Waals surface area contributed by atoms with E-state index in [1.54, 1.807) is 0 Å². The molecule has 1 aliphatic heterocycles. The Kier molecular flexibility index (Phi) is 7.76. The van der Waals surface area contributed by atoms with Gasteiger partial charge in [-0.05, 0) is 49.8 Å². The van der Waals surface area contributed by atoms with Crippen molar-refractivity contribution in [3.05, 3.63) is 28.8 Å². The first-order valence-corrected chi connectivity index (χ1v) is 12.3. The van der Waals surface area contributed by atoms with Gasteiger partial charge in [0, 0.05) is 19.6 Å². The van der Waals surface area contributed by atoms with Gasteiger partial charge in [0.25, 0.3) is 5.91 Å². The van der Waals surface area contributed by atoms with Crippen LogP contribution in [0.4, 0.5) is 0 Å². The predicted octanol–water partition coefficient (Wildman–Crippen LogP) is 3.22. The lowest BCUT2D eigenvalue weighted by Crippen LogP contribution is -2.38. The second-order valence-corrected chi connectivity index (χ2v) is 10.3. The molecule has 1 N–H and O–H groups in total. The summed E-state index contributed by atoms with van der Waals surface area (Å²) in [6.45, 7) is 1.30. The number of benzene rings is 1. The van der Waals surface area contributed by atoms with Crippen LogP contribution in [0.2, 0.25) is 5.02 Å². The Bertz CT molecular complexity index is 883. The van der Waals surface area contributed by atoms with E-state index in [-0.39, 0.29) is 33.3 Å². The maximum Gasteiger partial charge on any atom is 0.309 e. The van der Waals surface area contributed by atoms with Crippen LogP contribution in [0.1, 0.15) is 55.3 Å². The molecule has 2 unspecified atom stereocenters. The summed E-state index contributed by atoms with van der Waals surface area (Å²) in [7, 11) is -2.28. The normalized spacial score (nSPS) is 23.0. The molecule has 0 aromatic heterocycles. The maximum atomic E-state index is 12.9. The number of halogens is 1. The van der Waals surface area contributed by atoms with Gasteiger partial charge in [0.1, 0.15) is 0 Å². The topological polar surface area (TPSA) is 92.8 Å². The smallest absolute Gasteiger partial charge is 0.309 e. The molecule has 9 heteroatoms. The number of rotatable bonds is 6. The second-order valence-electron chi connectivity index (χ2n) is 7.99. The van der Waals surface area contributed by atoms with Gasteiger partial charge in [-0.15, -0.1) is 0 Å². The number of ether oxygens (including phenoxy) is 1. The van der Waals surface area contributed by atoms with Crippen LogP contribution in [0.25, 0.3) is 0 Å². The number of carbonyl (C=O) groups excluding carboxylic acids is 2.